The molecule has 6 heteroatoms. The van der Waals surface area contributed by atoms with Gasteiger partial charge in [-0.25, -0.2) is 9.97 Å². The second kappa shape index (κ2) is 7.77. The predicted octanol–water partition coefficient (Wildman–Crippen LogP) is 6.59. The first-order valence-electron chi connectivity index (χ1n) is 11.1. The van der Waals surface area contributed by atoms with Crippen LogP contribution in [0.5, 0.6) is 0 Å². The van der Waals surface area contributed by atoms with E-state index in [1.54, 1.807) is 11.3 Å². The minimum atomic E-state index is -0.110. The number of aromatic nitrogens is 5. The zero-order valence-corrected chi connectivity index (χ0v) is 21.2. The summed E-state index contributed by atoms with van der Waals surface area (Å²) in [4.78, 5) is 16.0. The number of hydrogen-bond acceptors (Lipinski definition) is 5. The highest BCUT2D eigenvalue weighted by Crippen LogP contribution is 2.39. The highest BCUT2D eigenvalue weighted by atomic mass is 32.1. The van der Waals surface area contributed by atoms with Crippen molar-refractivity contribution in [3.63, 3.8) is 0 Å². The Bertz CT molecular complexity index is 1220. The van der Waals surface area contributed by atoms with Crippen molar-refractivity contribution in [2.24, 2.45) is 0 Å². The van der Waals surface area contributed by atoms with Gasteiger partial charge < -0.3 is 0 Å². The molecule has 0 saturated carbocycles. The summed E-state index contributed by atoms with van der Waals surface area (Å²) in [5.74, 6) is 0.874. The molecule has 4 aromatic rings. The van der Waals surface area contributed by atoms with E-state index in [0.717, 1.165) is 45.0 Å². The summed E-state index contributed by atoms with van der Waals surface area (Å²) in [7, 11) is 0. The summed E-state index contributed by atoms with van der Waals surface area (Å²) in [5, 5.41) is 7.05. The number of pyridine rings is 1. The van der Waals surface area contributed by atoms with Gasteiger partial charge in [-0.15, -0.1) is 11.3 Å². The Morgan fingerprint density at radius 3 is 2.22 bits per heavy atom. The molecule has 4 rings (SSSR count). The van der Waals surface area contributed by atoms with Crippen LogP contribution in [0.2, 0.25) is 0 Å². The van der Waals surface area contributed by atoms with E-state index in [9.17, 15) is 0 Å². The molecule has 0 aliphatic carbocycles. The van der Waals surface area contributed by atoms with E-state index in [4.69, 9.17) is 15.0 Å². The average molecular weight is 448 g/mol. The molecule has 4 aromatic heterocycles. The number of nitrogens with one attached hydrogen (secondary N) is 1. The van der Waals surface area contributed by atoms with Gasteiger partial charge in [0, 0.05) is 45.8 Å². The summed E-state index contributed by atoms with van der Waals surface area (Å²) >= 11 is 1.76. The first-order valence-corrected chi connectivity index (χ1v) is 11.9. The summed E-state index contributed by atoms with van der Waals surface area (Å²) in [5.41, 5.74) is 5.36. The molecule has 0 amide bonds. The third-order valence-corrected chi connectivity index (χ3v) is 7.00. The van der Waals surface area contributed by atoms with Crippen LogP contribution in [0.25, 0.3) is 20.7 Å². The summed E-state index contributed by atoms with van der Waals surface area (Å²) in [6.07, 6.45) is 6.58. The number of nitrogens with zero attached hydrogens (tertiary/aromatic N) is 4. The maximum atomic E-state index is 5.07. The monoisotopic (exact) mass is 447 g/mol. The minimum Gasteiger partial charge on any atom is -0.285 e. The van der Waals surface area contributed by atoms with Crippen molar-refractivity contribution in [1.82, 2.24) is 25.1 Å². The molecule has 0 saturated heterocycles. The summed E-state index contributed by atoms with van der Waals surface area (Å²) in [6, 6.07) is 6.50. The van der Waals surface area contributed by atoms with E-state index in [1.807, 2.05) is 18.6 Å². The van der Waals surface area contributed by atoms with Crippen LogP contribution >= 0.6 is 11.3 Å². The van der Waals surface area contributed by atoms with Gasteiger partial charge in [-0.3, -0.25) is 10.1 Å². The van der Waals surface area contributed by atoms with Crippen LogP contribution in [0.3, 0.4) is 0 Å². The predicted molar refractivity (Wildman–Crippen MR) is 133 cm³/mol. The molecule has 1 N–H and O–H groups in total. The van der Waals surface area contributed by atoms with Crippen molar-refractivity contribution >= 4 is 21.6 Å². The maximum Gasteiger partial charge on any atom is 0.130 e. The molecule has 0 spiro atoms. The van der Waals surface area contributed by atoms with Crippen molar-refractivity contribution in [3.8, 4) is 10.4 Å². The largest absolute Gasteiger partial charge is 0.285 e. The fourth-order valence-electron chi connectivity index (χ4n) is 3.81. The first-order chi connectivity index (χ1) is 14.8. The first kappa shape index (κ1) is 22.6. The fraction of sp³-hybridized carbons (Fsp3) is 0.462. The van der Waals surface area contributed by atoms with Gasteiger partial charge in [-0.05, 0) is 23.1 Å². The van der Waals surface area contributed by atoms with Crippen LogP contribution in [0.15, 0.2) is 36.8 Å². The van der Waals surface area contributed by atoms with Crippen molar-refractivity contribution in [3.05, 3.63) is 59.6 Å². The van der Waals surface area contributed by atoms with E-state index in [0.29, 0.717) is 0 Å². The second-order valence-electron chi connectivity index (χ2n) is 11.3. The lowest BCUT2D eigenvalue weighted by Crippen LogP contribution is -2.23. The molecule has 0 aliphatic rings. The Labute approximate surface area is 194 Å². The standard InChI is InChI=1S/C26H33N5S/c1-24(2,3)20-10-9-16(13-27-20)19-11-18-22(32-19)23(25(4,5)6)31-21(30-18)12-26(7,8)17-14-28-29-15-17/h9-11,13-15H,12H2,1-8H3,(H,28,29). The third-order valence-electron chi connectivity index (χ3n) is 5.82. The molecule has 0 bridgehead atoms. The Morgan fingerprint density at radius 1 is 0.906 bits per heavy atom. The maximum absolute atomic E-state index is 5.07. The van der Waals surface area contributed by atoms with Crippen molar-refractivity contribution in [2.75, 3.05) is 0 Å². The number of H-pyrrole nitrogens is 1. The quantitative estimate of drug-likeness (QED) is 0.383. The molecular weight excluding hydrogens is 414 g/mol. The molecule has 0 radical (unpaired) electrons. The van der Waals surface area contributed by atoms with Gasteiger partial charge in [0.15, 0.2) is 0 Å². The van der Waals surface area contributed by atoms with E-state index in [2.05, 4.69) is 83.8 Å². The highest BCUT2D eigenvalue weighted by Gasteiger charge is 2.27. The zero-order chi connectivity index (χ0) is 23.3. The van der Waals surface area contributed by atoms with Crippen molar-refractivity contribution < 1.29 is 0 Å². The molecule has 168 valence electrons. The molecule has 0 unspecified atom stereocenters. The summed E-state index contributed by atoms with van der Waals surface area (Å²) < 4.78 is 1.16. The molecule has 0 aromatic carbocycles. The van der Waals surface area contributed by atoms with Gasteiger partial charge in [0.1, 0.15) is 5.82 Å². The molecule has 5 nitrogen and oxygen atoms in total. The van der Waals surface area contributed by atoms with Gasteiger partial charge in [0.25, 0.3) is 0 Å². The van der Waals surface area contributed by atoms with Crippen LogP contribution in [-0.2, 0) is 22.7 Å². The average Bonchev–Trinajstić information content (AvgIpc) is 3.36. The Morgan fingerprint density at radius 2 is 1.66 bits per heavy atom. The smallest absolute Gasteiger partial charge is 0.130 e. The molecule has 0 aliphatic heterocycles. The van der Waals surface area contributed by atoms with Crippen LogP contribution in [0.1, 0.15) is 78.2 Å². The number of rotatable bonds is 4. The van der Waals surface area contributed by atoms with Crippen LogP contribution in [-0.4, -0.2) is 25.1 Å². The minimum absolute atomic E-state index is 0.0419. The topological polar surface area (TPSA) is 67.3 Å². The van der Waals surface area contributed by atoms with Crippen molar-refractivity contribution in [1.29, 1.82) is 0 Å². The summed E-state index contributed by atoms with van der Waals surface area (Å²) in [6.45, 7) is 17.6. The van der Waals surface area contributed by atoms with E-state index >= 15 is 0 Å². The van der Waals surface area contributed by atoms with Gasteiger partial charge in [0.2, 0.25) is 0 Å². The number of hydrogen-bond donors (Lipinski definition) is 1. The molecule has 4 heterocycles. The van der Waals surface area contributed by atoms with E-state index < -0.39 is 0 Å². The fourth-order valence-corrected chi connectivity index (χ4v) is 5.10. The molecular formula is C26H33N5S. The second-order valence-corrected chi connectivity index (χ2v) is 12.3. The molecule has 0 atom stereocenters. The Balaban J connectivity index is 1.78. The number of aromatic amines is 1. The van der Waals surface area contributed by atoms with Crippen LogP contribution in [0.4, 0.5) is 0 Å². The Hall–Kier alpha value is -2.60. The van der Waals surface area contributed by atoms with Crippen LogP contribution in [0, 0.1) is 0 Å². The number of fused-ring (bicyclic) bond motifs is 1. The zero-order valence-electron chi connectivity index (χ0n) is 20.4. The van der Waals surface area contributed by atoms with E-state index in [1.165, 1.54) is 4.88 Å². The SMILES string of the molecule is CC(C)(C)c1ccc(-c2cc3nc(CC(C)(C)c4cn[nH]c4)nc(C(C)(C)C)c3s2)cn1. The lowest BCUT2D eigenvalue weighted by Gasteiger charge is -2.24. The lowest BCUT2D eigenvalue weighted by atomic mass is 9.83. The normalized spacial score (nSPS) is 13.1. The molecule has 0 fully saturated rings. The van der Waals surface area contributed by atoms with Crippen LogP contribution < -0.4 is 0 Å². The number of thiophene rings is 1. The van der Waals surface area contributed by atoms with E-state index in [-0.39, 0.29) is 16.2 Å². The molecule has 32 heavy (non-hydrogen) atoms. The van der Waals surface area contributed by atoms with Gasteiger partial charge in [-0.1, -0.05) is 61.5 Å². The van der Waals surface area contributed by atoms with Crippen molar-refractivity contribution in [2.45, 2.75) is 78.1 Å². The highest BCUT2D eigenvalue weighted by molar-refractivity contribution is 7.22. The third kappa shape index (κ3) is 4.46. The van der Waals surface area contributed by atoms with Gasteiger partial charge >= 0.3 is 0 Å². The van der Waals surface area contributed by atoms with Gasteiger partial charge in [0.05, 0.1) is 22.1 Å². The lowest BCUT2D eigenvalue weighted by molar-refractivity contribution is 0.500. The van der Waals surface area contributed by atoms with Gasteiger partial charge in [-0.2, -0.15) is 5.10 Å². The Kier molecular flexibility index (Phi) is 5.48.